The zero-order valence-electron chi connectivity index (χ0n) is 13.2. The average molecular weight is 358 g/mol. The Hall–Kier alpha value is -2.25. The lowest BCUT2D eigenvalue weighted by atomic mass is 10.2. The minimum atomic E-state index is -0.252. The van der Waals surface area contributed by atoms with E-state index in [9.17, 15) is 4.79 Å². The Morgan fingerprint density at radius 3 is 2.71 bits per heavy atom. The maximum absolute atomic E-state index is 12.2. The van der Waals surface area contributed by atoms with Crippen LogP contribution < -0.4 is 10.6 Å². The highest BCUT2D eigenvalue weighted by Crippen LogP contribution is 2.22. The molecule has 0 radical (unpaired) electrons. The minimum Gasteiger partial charge on any atom is -0.330 e. The molecule has 2 N–H and O–H groups in total. The molecule has 7 heteroatoms. The summed E-state index contributed by atoms with van der Waals surface area (Å²) in [4.78, 5) is 13.3. The molecule has 0 saturated carbocycles. The predicted octanol–water partition coefficient (Wildman–Crippen LogP) is 4.46. The first kappa shape index (κ1) is 16.6. The van der Waals surface area contributed by atoms with Gasteiger partial charge in [-0.15, -0.1) is 21.5 Å². The summed E-state index contributed by atoms with van der Waals surface area (Å²) in [6, 6.07) is 13.9. The summed E-state index contributed by atoms with van der Waals surface area (Å²) in [5.41, 5.74) is 1.17. The van der Waals surface area contributed by atoms with Crippen LogP contribution in [-0.4, -0.2) is 16.2 Å². The third-order valence-corrected chi connectivity index (χ3v) is 5.31. The van der Waals surface area contributed by atoms with E-state index in [1.807, 2.05) is 54.8 Å². The van der Waals surface area contributed by atoms with E-state index in [-0.39, 0.29) is 12.1 Å². The fourth-order valence-electron chi connectivity index (χ4n) is 2.30. The van der Waals surface area contributed by atoms with Crippen LogP contribution in [-0.2, 0) is 6.42 Å². The second-order valence-electron chi connectivity index (χ2n) is 5.24. The van der Waals surface area contributed by atoms with Crippen LogP contribution in [0.2, 0.25) is 0 Å². The number of amides is 2. The van der Waals surface area contributed by atoms with E-state index in [1.54, 1.807) is 11.3 Å². The molecular weight excluding hydrogens is 340 g/mol. The van der Waals surface area contributed by atoms with Crippen molar-refractivity contribution in [1.82, 2.24) is 15.5 Å². The number of urea groups is 1. The maximum atomic E-state index is 12.2. The molecule has 1 aromatic carbocycles. The molecule has 3 aromatic rings. The second kappa shape index (κ2) is 8.03. The van der Waals surface area contributed by atoms with Crippen molar-refractivity contribution in [2.45, 2.75) is 25.8 Å². The van der Waals surface area contributed by atoms with Gasteiger partial charge in [-0.2, -0.15) is 0 Å². The summed E-state index contributed by atoms with van der Waals surface area (Å²) in [6.45, 7) is 2.05. The van der Waals surface area contributed by atoms with Gasteiger partial charge in [-0.25, -0.2) is 4.79 Å². The van der Waals surface area contributed by atoms with Crippen molar-refractivity contribution in [1.29, 1.82) is 0 Å². The van der Waals surface area contributed by atoms with Crippen LogP contribution in [0.3, 0.4) is 0 Å². The molecule has 24 heavy (non-hydrogen) atoms. The number of anilines is 1. The number of rotatable bonds is 6. The number of thiophene rings is 1. The fourth-order valence-corrected chi connectivity index (χ4v) is 3.93. The van der Waals surface area contributed by atoms with Crippen LogP contribution in [0.1, 0.15) is 34.8 Å². The first-order valence-corrected chi connectivity index (χ1v) is 9.41. The highest BCUT2D eigenvalue weighted by molar-refractivity contribution is 7.15. The Morgan fingerprint density at radius 2 is 2.00 bits per heavy atom. The Bertz CT molecular complexity index is 771. The van der Waals surface area contributed by atoms with Crippen LogP contribution in [0.5, 0.6) is 0 Å². The van der Waals surface area contributed by atoms with Crippen molar-refractivity contribution in [3.8, 4) is 0 Å². The van der Waals surface area contributed by atoms with Crippen LogP contribution in [0.4, 0.5) is 9.93 Å². The normalized spacial score (nSPS) is 11.9. The number of carbonyl (C=O) groups is 1. The highest BCUT2D eigenvalue weighted by atomic mass is 32.1. The van der Waals surface area contributed by atoms with Gasteiger partial charge in [0.25, 0.3) is 0 Å². The molecule has 2 aromatic heterocycles. The number of nitrogens with zero attached hydrogens (tertiary/aromatic N) is 2. The Balaban J connectivity index is 1.57. The van der Waals surface area contributed by atoms with E-state index in [0.29, 0.717) is 11.6 Å². The lowest BCUT2D eigenvalue weighted by Gasteiger charge is -2.15. The van der Waals surface area contributed by atoms with Gasteiger partial charge in [0.15, 0.2) is 0 Å². The Labute approximate surface area is 148 Å². The molecule has 0 fully saturated rings. The van der Waals surface area contributed by atoms with E-state index in [4.69, 9.17) is 0 Å². The van der Waals surface area contributed by atoms with Crippen LogP contribution in [0.15, 0.2) is 47.8 Å². The molecular formula is C17H18N4OS2. The Morgan fingerprint density at radius 1 is 1.17 bits per heavy atom. The van der Waals surface area contributed by atoms with Crippen LogP contribution >= 0.6 is 22.7 Å². The third kappa shape index (κ3) is 4.39. The number of nitrogens with one attached hydrogen (secondary N) is 2. The number of benzene rings is 1. The van der Waals surface area contributed by atoms with Gasteiger partial charge in [-0.3, -0.25) is 5.32 Å². The molecule has 124 valence electrons. The van der Waals surface area contributed by atoms with Crippen LogP contribution in [0.25, 0.3) is 0 Å². The van der Waals surface area contributed by atoms with Crippen molar-refractivity contribution in [2.75, 3.05) is 5.32 Å². The van der Waals surface area contributed by atoms with E-state index in [2.05, 4.69) is 20.8 Å². The topological polar surface area (TPSA) is 66.9 Å². The van der Waals surface area contributed by atoms with Crippen molar-refractivity contribution in [2.24, 2.45) is 0 Å². The zero-order chi connectivity index (χ0) is 16.8. The molecule has 2 amide bonds. The number of carbonyl (C=O) groups excluding carboxylic acids is 1. The molecule has 0 bridgehead atoms. The monoisotopic (exact) mass is 358 g/mol. The lowest BCUT2D eigenvalue weighted by molar-refractivity contribution is 0.248. The number of hydrogen-bond donors (Lipinski definition) is 2. The van der Waals surface area contributed by atoms with Gasteiger partial charge in [-0.05, 0) is 23.4 Å². The molecule has 1 atom stereocenters. The highest BCUT2D eigenvalue weighted by Gasteiger charge is 2.15. The fraction of sp³-hybridized carbons (Fsp3) is 0.235. The van der Waals surface area contributed by atoms with Gasteiger partial charge in [0, 0.05) is 11.3 Å². The molecule has 0 saturated heterocycles. The summed E-state index contributed by atoms with van der Waals surface area (Å²) in [5, 5.41) is 17.3. The summed E-state index contributed by atoms with van der Waals surface area (Å²) >= 11 is 3.04. The molecule has 2 heterocycles. The van der Waals surface area contributed by atoms with Crippen molar-refractivity contribution < 1.29 is 4.79 Å². The predicted molar refractivity (Wildman–Crippen MR) is 98.7 cm³/mol. The van der Waals surface area contributed by atoms with Gasteiger partial charge < -0.3 is 5.32 Å². The molecule has 0 spiro atoms. The molecule has 5 nitrogen and oxygen atoms in total. The van der Waals surface area contributed by atoms with Gasteiger partial charge >= 0.3 is 6.03 Å². The molecule has 3 rings (SSSR count). The van der Waals surface area contributed by atoms with E-state index in [1.165, 1.54) is 16.9 Å². The summed E-state index contributed by atoms with van der Waals surface area (Å²) in [7, 11) is 0. The van der Waals surface area contributed by atoms with Crippen molar-refractivity contribution in [3.05, 3.63) is 63.3 Å². The van der Waals surface area contributed by atoms with Crippen LogP contribution in [0, 0.1) is 0 Å². The first-order chi connectivity index (χ1) is 11.7. The average Bonchev–Trinajstić information content (AvgIpc) is 3.26. The number of hydrogen-bond acceptors (Lipinski definition) is 5. The quantitative estimate of drug-likeness (QED) is 0.683. The summed E-state index contributed by atoms with van der Waals surface area (Å²) < 4.78 is 0. The van der Waals surface area contributed by atoms with Gasteiger partial charge in [0.1, 0.15) is 5.01 Å². The SMILES string of the molecule is CC[C@H](NC(=O)Nc1nnc(Cc2ccccc2)s1)c1cccs1. The second-order valence-corrected chi connectivity index (χ2v) is 7.28. The molecule has 0 aliphatic heterocycles. The lowest BCUT2D eigenvalue weighted by Crippen LogP contribution is -2.31. The van der Waals surface area contributed by atoms with Gasteiger partial charge in [0.2, 0.25) is 5.13 Å². The van der Waals surface area contributed by atoms with Crippen molar-refractivity contribution >= 4 is 33.8 Å². The smallest absolute Gasteiger partial charge is 0.321 e. The third-order valence-electron chi connectivity index (χ3n) is 3.49. The summed E-state index contributed by atoms with van der Waals surface area (Å²) in [5.74, 6) is 0. The standard InChI is InChI=1S/C17H18N4OS2/c1-2-13(14-9-6-10-23-14)18-16(22)19-17-21-20-15(24-17)11-12-7-4-3-5-8-12/h3-10,13H,2,11H2,1H3,(H2,18,19,21,22)/t13-/m0/s1. The van der Waals surface area contributed by atoms with Gasteiger partial charge in [0.05, 0.1) is 6.04 Å². The number of aromatic nitrogens is 2. The first-order valence-electron chi connectivity index (χ1n) is 7.72. The van der Waals surface area contributed by atoms with E-state index >= 15 is 0 Å². The maximum Gasteiger partial charge on any atom is 0.321 e. The zero-order valence-corrected chi connectivity index (χ0v) is 14.9. The molecule has 0 aliphatic rings. The molecule has 0 unspecified atom stereocenters. The van der Waals surface area contributed by atoms with E-state index in [0.717, 1.165) is 16.3 Å². The van der Waals surface area contributed by atoms with E-state index < -0.39 is 0 Å². The van der Waals surface area contributed by atoms with Crippen molar-refractivity contribution in [3.63, 3.8) is 0 Å². The molecule has 0 aliphatic carbocycles. The largest absolute Gasteiger partial charge is 0.330 e. The minimum absolute atomic E-state index is 0.0155. The van der Waals surface area contributed by atoms with Gasteiger partial charge in [-0.1, -0.05) is 54.7 Å². The Kier molecular flexibility index (Phi) is 5.55. The summed E-state index contributed by atoms with van der Waals surface area (Å²) in [6.07, 6.45) is 1.55.